The van der Waals surface area contributed by atoms with E-state index in [0.717, 1.165) is 11.0 Å². The van der Waals surface area contributed by atoms with E-state index in [2.05, 4.69) is 10.3 Å². The smallest absolute Gasteiger partial charge is 0.307 e. The minimum Gasteiger partial charge on any atom is -0.466 e. The van der Waals surface area contributed by atoms with Gasteiger partial charge in [0.05, 0.1) is 30.4 Å². The van der Waals surface area contributed by atoms with Gasteiger partial charge in [0.25, 0.3) is 0 Å². The fourth-order valence-corrected chi connectivity index (χ4v) is 2.08. The second-order valence-electron chi connectivity index (χ2n) is 4.66. The number of fused-ring (bicyclic) bond motifs is 1. The number of carbonyl (C=O) groups is 2. The number of imidazole rings is 1. The zero-order valence-electron chi connectivity index (χ0n) is 12.2. The van der Waals surface area contributed by atoms with Crippen molar-refractivity contribution in [1.82, 2.24) is 14.9 Å². The van der Waals surface area contributed by atoms with E-state index >= 15 is 0 Å². The van der Waals surface area contributed by atoms with Gasteiger partial charge in [-0.2, -0.15) is 0 Å². The van der Waals surface area contributed by atoms with Crippen LogP contribution in [-0.4, -0.2) is 34.6 Å². The van der Waals surface area contributed by atoms with Crippen molar-refractivity contribution in [2.45, 2.75) is 26.3 Å². The van der Waals surface area contributed by atoms with Gasteiger partial charge >= 0.3 is 5.97 Å². The second kappa shape index (κ2) is 6.88. The largest absolute Gasteiger partial charge is 0.466 e. The number of aromatic nitrogens is 2. The molecule has 1 heterocycles. The number of nitrogens with one attached hydrogen (secondary N) is 1. The zero-order chi connectivity index (χ0) is 15.2. The highest BCUT2D eigenvalue weighted by molar-refractivity contribution is 5.83. The Morgan fingerprint density at radius 1 is 1.38 bits per heavy atom. The molecule has 21 heavy (non-hydrogen) atoms. The molecule has 0 aliphatic rings. The lowest BCUT2D eigenvalue weighted by Crippen LogP contribution is -2.32. The predicted molar refractivity (Wildman–Crippen MR) is 78.7 cm³/mol. The first kappa shape index (κ1) is 15.0. The normalized spacial score (nSPS) is 12.1. The number of nitrogens with zero attached hydrogens (tertiary/aromatic N) is 2. The summed E-state index contributed by atoms with van der Waals surface area (Å²) in [6.45, 7) is 4.18. The minimum atomic E-state index is -0.389. The molecule has 1 N–H and O–H groups in total. The molecule has 0 radical (unpaired) electrons. The van der Waals surface area contributed by atoms with Crippen LogP contribution in [0.5, 0.6) is 0 Å². The van der Waals surface area contributed by atoms with Crippen LogP contribution in [0.3, 0.4) is 0 Å². The fraction of sp³-hybridized carbons (Fsp3) is 0.400. The van der Waals surface area contributed by atoms with Gasteiger partial charge in [0, 0.05) is 6.54 Å². The zero-order valence-corrected chi connectivity index (χ0v) is 12.2. The topological polar surface area (TPSA) is 73.2 Å². The van der Waals surface area contributed by atoms with Gasteiger partial charge in [-0.15, -0.1) is 0 Å². The van der Waals surface area contributed by atoms with E-state index in [9.17, 15) is 9.59 Å². The van der Waals surface area contributed by atoms with E-state index in [0.29, 0.717) is 6.61 Å². The average Bonchev–Trinajstić information content (AvgIpc) is 2.90. The summed E-state index contributed by atoms with van der Waals surface area (Å²) in [6, 6.07) is 7.25. The summed E-state index contributed by atoms with van der Waals surface area (Å²) < 4.78 is 6.62. The van der Waals surface area contributed by atoms with Crippen LogP contribution in [0.15, 0.2) is 30.6 Å². The SMILES string of the molecule is CCOC(=O)CCNC(=O)C(C)n1cnc2ccccc21. The van der Waals surface area contributed by atoms with Crippen LogP contribution in [0.1, 0.15) is 26.3 Å². The van der Waals surface area contributed by atoms with Crippen LogP contribution in [0, 0.1) is 0 Å². The van der Waals surface area contributed by atoms with Crippen molar-refractivity contribution in [3.8, 4) is 0 Å². The Hall–Kier alpha value is -2.37. The van der Waals surface area contributed by atoms with Gasteiger partial charge in [-0.1, -0.05) is 12.1 Å². The fourth-order valence-electron chi connectivity index (χ4n) is 2.08. The highest BCUT2D eigenvalue weighted by Crippen LogP contribution is 2.17. The van der Waals surface area contributed by atoms with Gasteiger partial charge in [-0.05, 0) is 26.0 Å². The van der Waals surface area contributed by atoms with Crippen molar-refractivity contribution in [2.24, 2.45) is 0 Å². The molecular formula is C15H19N3O3. The highest BCUT2D eigenvalue weighted by Gasteiger charge is 2.17. The highest BCUT2D eigenvalue weighted by atomic mass is 16.5. The third-order valence-corrected chi connectivity index (χ3v) is 3.21. The Morgan fingerprint density at radius 3 is 2.90 bits per heavy atom. The summed E-state index contributed by atoms with van der Waals surface area (Å²) in [6.07, 6.45) is 1.83. The molecule has 1 aromatic heterocycles. The van der Waals surface area contributed by atoms with E-state index in [1.807, 2.05) is 28.8 Å². The van der Waals surface area contributed by atoms with E-state index in [-0.39, 0.29) is 30.9 Å². The molecule has 6 nitrogen and oxygen atoms in total. The lowest BCUT2D eigenvalue weighted by molar-refractivity contribution is -0.143. The molecule has 2 rings (SSSR count). The number of benzene rings is 1. The number of esters is 1. The van der Waals surface area contributed by atoms with Crippen molar-refractivity contribution in [3.05, 3.63) is 30.6 Å². The lowest BCUT2D eigenvalue weighted by atomic mass is 10.2. The Balaban J connectivity index is 1.95. The standard InChI is InChI=1S/C15H19N3O3/c1-3-21-14(19)8-9-16-15(20)11(2)18-10-17-12-6-4-5-7-13(12)18/h4-7,10-11H,3,8-9H2,1-2H3,(H,16,20). The summed E-state index contributed by atoms with van der Waals surface area (Å²) in [5.74, 6) is -0.457. The van der Waals surface area contributed by atoms with Crippen LogP contribution in [0.2, 0.25) is 0 Å². The molecule has 1 amide bonds. The van der Waals surface area contributed by atoms with E-state index in [1.165, 1.54) is 0 Å². The number of amides is 1. The van der Waals surface area contributed by atoms with Gasteiger partial charge in [-0.3, -0.25) is 9.59 Å². The number of hydrogen-bond acceptors (Lipinski definition) is 4. The first-order valence-electron chi connectivity index (χ1n) is 6.98. The Morgan fingerprint density at radius 2 is 2.14 bits per heavy atom. The number of rotatable bonds is 6. The lowest BCUT2D eigenvalue weighted by Gasteiger charge is -2.14. The Kier molecular flexibility index (Phi) is 4.92. The van der Waals surface area contributed by atoms with Crippen LogP contribution in [0.4, 0.5) is 0 Å². The van der Waals surface area contributed by atoms with Crippen LogP contribution in [-0.2, 0) is 14.3 Å². The molecule has 0 spiro atoms. The van der Waals surface area contributed by atoms with E-state index in [1.54, 1.807) is 20.2 Å². The quantitative estimate of drug-likeness (QED) is 0.821. The second-order valence-corrected chi connectivity index (χ2v) is 4.66. The molecule has 1 unspecified atom stereocenters. The van der Waals surface area contributed by atoms with Crippen molar-refractivity contribution in [1.29, 1.82) is 0 Å². The molecule has 0 aliphatic heterocycles. The third-order valence-electron chi connectivity index (χ3n) is 3.21. The maximum atomic E-state index is 12.1. The van der Waals surface area contributed by atoms with Crippen LogP contribution < -0.4 is 5.32 Å². The van der Waals surface area contributed by atoms with Gasteiger partial charge < -0.3 is 14.6 Å². The van der Waals surface area contributed by atoms with Crippen LogP contribution in [0.25, 0.3) is 11.0 Å². The Bertz CT molecular complexity index is 636. The van der Waals surface area contributed by atoms with Gasteiger partial charge in [-0.25, -0.2) is 4.98 Å². The molecule has 0 saturated heterocycles. The number of hydrogen-bond donors (Lipinski definition) is 1. The molecule has 0 bridgehead atoms. The maximum Gasteiger partial charge on any atom is 0.307 e. The number of carbonyl (C=O) groups excluding carboxylic acids is 2. The first-order chi connectivity index (χ1) is 10.1. The maximum absolute atomic E-state index is 12.1. The van der Waals surface area contributed by atoms with Gasteiger partial charge in [0.2, 0.25) is 5.91 Å². The predicted octanol–water partition coefficient (Wildman–Crippen LogP) is 1.67. The summed E-state index contributed by atoms with van der Waals surface area (Å²) in [5, 5.41) is 2.74. The third kappa shape index (κ3) is 3.59. The van der Waals surface area contributed by atoms with E-state index in [4.69, 9.17) is 4.74 Å². The molecule has 0 fully saturated rings. The molecule has 2 aromatic rings. The minimum absolute atomic E-state index is 0.151. The van der Waals surface area contributed by atoms with Crippen LogP contribution >= 0.6 is 0 Å². The first-order valence-corrected chi connectivity index (χ1v) is 6.98. The van der Waals surface area contributed by atoms with E-state index < -0.39 is 0 Å². The van der Waals surface area contributed by atoms with Crippen molar-refractivity contribution >= 4 is 22.9 Å². The molecule has 1 atom stereocenters. The molecule has 1 aromatic carbocycles. The number of ether oxygens (including phenoxy) is 1. The molecule has 0 saturated carbocycles. The van der Waals surface area contributed by atoms with Crippen molar-refractivity contribution in [3.63, 3.8) is 0 Å². The van der Waals surface area contributed by atoms with Gasteiger partial charge in [0.1, 0.15) is 6.04 Å². The van der Waals surface area contributed by atoms with Crippen molar-refractivity contribution in [2.75, 3.05) is 13.2 Å². The van der Waals surface area contributed by atoms with Gasteiger partial charge in [0.15, 0.2) is 0 Å². The molecular weight excluding hydrogens is 270 g/mol. The molecule has 0 aliphatic carbocycles. The summed E-state index contributed by atoms with van der Waals surface area (Å²) in [5.41, 5.74) is 1.76. The number of para-hydroxylation sites is 2. The summed E-state index contributed by atoms with van der Waals surface area (Å²) >= 11 is 0. The molecule has 6 heteroatoms. The summed E-state index contributed by atoms with van der Waals surface area (Å²) in [4.78, 5) is 27.6. The average molecular weight is 289 g/mol. The molecule has 112 valence electrons. The Labute approximate surface area is 123 Å². The van der Waals surface area contributed by atoms with Crippen molar-refractivity contribution < 1.29 is 14.3 Å². The summed E-state index contributed by atoms with van der Waals surface area (Å²) in [7, 11) is 0. The monoisotopic (exact) mass is 289 g/mol.